The molecule has 0 aliphatic heterocycles. The first-order chi connectivity index (χ1) is 5.15. The molecule has 2 N–H and O–H groups in total. The van der Waals surface area contributed by atoms with Crippen molar-refractivity contribution in [2.45, 2.75) is 26.7 Å². The Morgan fingerprint density at radius 1 is 1.73 bits per heavy atom. The Labute approximate surface area is 67.5 Å². The SMILES string of the molecule is CC/C(=C/C(N)=O)C1CC1C. The zero-order valence-electron chi connectivity index (χ0n) is 7.13. The number of carbonyl (C=O) groups is 1. The highest BCUT2D eigenvalue weighted by Crippen LogP contribution is 2.44. The summed E-state index contributed by atoms with van der Waals surface area (Å²) in [5, 5.41) is 0. The lowest BCUT2D eigenvalue weighted by molar-refractivity contribution is -0.113. The standard InChI is InChI=1S/C9H15NO/c1-3-7(5-9(10)11)8-4-6(8)2/h5-6,8H,3-4H2,1-2H3,(H2,10,11)/b7-5-. The summed E-state index contributed by atoms with van der Waals surface area (Å²) in [6.07, 6.45) is 3.78. The van der Waals surface area contributed by atoms with Gasteiger partial charge in [0, 0.05) is 6.08 Å². The van der Waals surface area contributed by atoms with Crippen LogP contribution < -0.4 is 5.73 Å². The van der Waals surface area contributed by atoms with Crippen molar-refractivity contribution >= 4 is 5.91 Å². The first-order valence-electron chi connectivity index (χ1n) is 4.15. The van der Waals surface area contributed by atoms with Crippen molar-refractivity contribution in [3.8, 4) is 0 Å². The molecule has 0 heterocycles. The van der Waals surface area contributed by atoms with Crippen LogP contribution in [0.4, 0.5) is 0 Å². The van der Waals surface area contributed by atoms with Gasteiger partial charge in [-0.1, -0.05) is 19.4 Å². The van der Waals surface area contributed by atoms with Crippen LogP contribution >= 0.6 is 0 Å². The number of carbonyl (C=O) groups excluding carboxylic acids is 1. The van der Waals surface area contributed by atoms with Crippen LogP contribution in [0.5, 0.6) is 0 Å². The third kappa shape index (κ3) is 2.07. The molecule has 1 aliphatic carbocycles. The van der Waals surface area contributed by atoms with E-state index in [-0.39, 0.29) is 5.91 Å². The predicted molar refractivity (Wildman–Crippen MR) is 44.8 cm³/mol. The number of hydrogen-bond acceptors (Lipinski definition) is 1. The van der Waals surface area contributed by atoms with E-state index in [2.05, 4.69) is 13.8 Å². The fourth-order valence-corrected chi connectivity index (χ4v) is 1.49. The van der Waals surface area contributed by atoms with Crippen molar-refractivity contribution in [1.29, 1.82) is 0 Å². The molecule has 1 amide bonds. The molecule has 1 rings (SSSR count). The van der Waals surface area contributed by atoms with Crippen LogP contribution in [0.15, 0.2) is 11.6 Å². The lowest BCUT2D eigenvalue weighted by atomic mass is 10.1. The molecular weight excluding hydrogens is 138 g/mol. The summed E-state index contributed by atoms with van der Waals surface area (Å²) in [6.45, 7) is 4.27. The van der Waals surface area contributed by atoms with Crippen LogP contribution in [-0.2, 0) is 4.79 Å². The fourth-order valence-electron chi connectivity index (χ4n) is 1.49. The molecule has 0 aromatic heterocycles. The van der Waals surface area contributed by atoms with E-state index in [0.29, 0.717) is 5.92 Å². The van der Waals surface area contributed by atoms with Gasteiger partial charge in [0.2, 0.25) is 5.91 Å². The lowest BCUT2D eigenvalue weighted by Crippen LogP contribution is -2.07. The molecule has 62 valence electrons. The van der Waals surface area contributed by atoms with E-state index < -0.39 is 0 Å². The number of amides is 1. The molecule has 0 aromatic rings. The van der Waals surface area contributed by atoms with Gasteiger partial charge in [-0.05, 0) is 24.7 Å². The van der Waals surface area contributed by atoms with Crippen molar-refractivity contribution in [3.63, 3.8) is 0 Å². The molecule has 1 fully saturated rings. The Kier molecular flexibility index (Phi) is 2.32. The Morgan fingerprint density at radius 2 is 2.27 bits per heavy atom. The van der Waals surface area contributed by atoms with Crippen molar-refractivity contribution in [2.75, 3.05) is 0 Å². The highest BCUT2D eigenvalue weighted by atomic mass is 16.1. The lowest BCUT2D eigenvalue weighted by Gasteiger charge is -1.99. The third-order valence-electron chi connectivity index (χ3n) is 2.32. The van der Waals surface area contributed by atoms with Crippen molar-refractivity contribution in [1.82, 2.24) is 0 Å². The number of nitrogens with two attached hydrogens (primary N) is 1. The minimum Gasteiger partial charge on any atom is -0.366 e. The summed E-state index contributed by atoms with van der Waals surface area (Å²) >= 11 is 0. The van der Waals surface area contributed by atoms with E-state index in [9.17, 15) is 4.79 Å². The zero-order valence-corrected chi connectivity index (χ0v) is 7.13. The largest absolute Gasteiger partial charge is 0.366 e. The molecule has 0 spiro atoms. The number of allylic oxidation sites excluding steroid dienone is 1. The third-order valence-corrected chi connectivity index (χ3v) is 2.32. The van der Waals surface area contributed by atoms with Gasteiger partial charge in [-0.2, -0.15) is 0 Å². The zero-order chi connectivity index (χ0) is 8.43. The first-order valence-corrected chi connectivity index (χ1v) is 4.15. The van der Waals surface area contributed by atoms with Crippen LogP contribution in [0, 0.1) is 11.8 Å². The summed E-state index contributed by atoms with van der Waals surface area (Å²) < 4.78 is 0. The van der Waals surface area contributed by atoms with Crippen molar-refractivity contribution < 1.29 is 4.79 Å². The van der Waals surface area contributed by atoms with E-state index in [1.54, 1.807) is 6.08 Å². The molecule has 1 saturated carbocycles. The summed E-state index contributed by atoms with van der Waals surface area (Å²) in [4.78, 5) is 10.6. The molecule has 2 atom stereocenters. The maximum atomic E-state index is 10.6. The molecule has 1 aliphatic rings. The molecule has 2 unspecified atom stereocenters. The molecular formula is C9H15NO. The molecule has 2 nitrogen and oxygen atoms in total. The van der Waals surface area contributed by atoms with E-state index >= 15 is 0 Å². The highest BCUT2D eigenvalue weighted by Gasteiger charge is 2.34. The van der Waals surface area contributed by atoms with Gasteiger partial charge in [-0.25, -0.2) is 0 Å². The Hall–Kier alpha value is -0.790. The number of hydrogen-bond donors (Lipinski definition) is 1. The van der Waals surface area contributed by atoms with Crippen LogP contribution in [0.1, 0.15) is 26.7 Å². The predicted octanol–water partition coefficient (Wildman–Crippen LogP) is 1.46. The summed E-state index contributed by atoms with van der Waals surface area (Å²) in [5.41, 5.74) is 6.29. The maximum absolute atomic E-state index is 10.6. The Morgan fingerprint density at radius 3 is 2.55 bits per heavy atom. The van der Waals surface area contributed by atoms with E-state index in [1.165, 1.54) is 12.0 Å². The maximum Gasteiger partial charge on any atom is 0.241 e. The molecule has 11 heavy (non-hydrogen) atoms. The van der Waals surface area contributed by atoms with Gasteiger partial charge >= 0.3 is 0 Å². The van der Waals surface area contributed by atoms with Crippen LogP contribution in [0.2, 0.25) is 0 Å². The van der Waals surface area contributed by atoms with Crippen LogP contribution in [0.3, 0.4) is 0 Å². The second-order valence-electron chi connectivity index (χ2n) is 3.29. The normalized spacial score (nSPS) is 30.2. The second kappa shape index (κ2) is 3.07. The molecule has 0 bridgehead atoms. The Bertz CT molecular complexity index is 196. The quantitative estimate of drug-likeness (QED) is 0.613. The van der Waals surface area contributed by atoms with E-state index in [0.717, 1.165) is 12.3 Å². The molecule has 0 saturated heterocycles. The topological polar surface area (TPSA) is 43.1 Å². The molecule has 0 radical (unpaired) electrons. The highest BCUT2D eigenvalue weighted by molar-refractivity contribution is 5.86. The first kappa shape index (κ1) is 8.31. The van der Waals surface area contributed by atoms with Gasteiger partial charge in [0.05, 0.1) is 0 Å². The monoisotopic (exact) mass is 153 g/mol. The fraction of sp³-hybridized carbons (Fsp3) is 0.667. The minimum atomic E-state index is -0.305. The average Bonchev–Trinajstić information content (AvgIpc) is 2.61. The van der Waals surface area contributed by atoms with Gasteiger partial charge in [-0.15, -0.1) is 0 Å². The van der Waals surface area contributed by atoms with Crippen LogP contribution in [0.25, 0.3) is 0 Å². The summed E-state index contributed by atoms with van der Waals surface area (Å²) in [6, 6.07) is 0. The van der Waals surface area contributed by atoms with E-state index in [1.807, 2.05) is 0 Å². The summed E-state index contributed by atoms with van der Waals surface area (Å²) in [7, 11) is 0. The minimum absolute atomic E-state index is 0.305. The summed E-state index contributed by atoms with van der Waals surface area (Å²) in [5.74, 6) is 1.11. The number of primary amides is 1. The van der Waals surface area contributed by atoms with Crippen molar-refractivity contribution in [2.24, 2.45) is 17.6 Å². The number of rotatable bonds is 3. The van der Waals surface area contributed by atoms with Gasteiger partial charge in [-0.3, -0.25) is 4.79 Å². The van der Waals surface area contributed by atoms with Gasteiger partial charge < -0.3 is 5.73 Å². The second-order valence-corrected chi connectivity index (χ2v) is 3.29. The molecule has 0 aromatic carbocycles. The smallest absolute Gasteiger partial charge is 0.241 e. The van der Waals surface area contributed by atoms with E-state index in [4.69, 9.17) is 5.73 Å². The Balaban J connectivity index is 2.56. The average molecular weight is 153 g/mol. The molecule has 2 heteroatoms. The van der Waals surface area contributed by atoms with Gasteiger partial charge in [0.1, 0.15) is 0 Å². The van der Waals surface area contributed by atoms with Crippen LogP contribution in [-0.4, -0.2) is 5.91 Å². The van der Waals surface area contributed by atoms with Gasteiger partial charge in [0.25, 0.3) is 0 Å². The van der Waals surface area contributed by atoms with Gasteiger partial charge in [0.15, 0.2) is 0 Å². The van der Waals surface area contributed by atoms with Crippen molar-refractivity contribution in [3.05, 3.63) is 11.6 Å².